The van der Waals surface area contributed by atoms with E-state index in [-0.39, 0.29) is 17.5 Å². The summed E-state index contributed by atoms with van der Waals surface area (Å²) in [6.07, 6.45) is 1.68. The Hall–Kier alpha value is -1.99. The molecule has 2 aromatic carbocycles. The van der Waals surface area contributed by atoms with E-state index in [0.29, 0.717) is 23.9 Å². The molecule has 0 N–H and O–H groups in total. The van der Waals surface area contributed by atoms with Crippen molar-refractivity contribution in [2.24, 2.45) is 0 Å². The molecule has 1 fully saturated rings. The van der Waals surface area contributed by atoms with Crippen molar-refractivity contribution in [1.82, 2.24) is 9.29 Å². The van der Waals surface area contributed by atoms with Crippen LogP contribution in [-0.4, -0.2) is 37.0 Å². The average molecular weight is 445 g/mol. The van der Waals surface area contributed by atoms with Gasteiger partial charge in [0.2, 0.25) is 10.0 Å². The maximum Gasteiger partial charge on any atom is 0.243 e. The summed E-state index contributed by atoms with van der Waals surface area (Å²) in [7, 11) is -3.70. The molecule has 3 aromatic rings. The van der Waals surface area contributed by atoms with Crippen molar-refractivity contribution in [3.8, 4) is 0 Å². The molecule has 0 unspecified atom stereocenters. The van der Waals surface area contributed by atoms with E-state index in [9.17, 15) is 8.42 Å². The van der Waals surface area contributed by atoms with Gasteiger partial charge in [0.15, 0.2) is 0 Å². The molecular weight excluding hydrogens is 420 g/mol. The van der Waals surface area contributed by atoms with Crippen LogP contribution in [0, 0.1) is 13.8 Å². The SMILES string of the molecule is Cc1cc2cc(CN(C[C@H]3CCCO3)S(=O)(=O)c3ccccc3)c(Cl)nc2cc1C. The molecule has 1 aromatic heterocycles. The van der Waals surface area contributed by atoms with Crippen LogP contribution in [-0.2, 0) is 21.3 Å². The molecule has 0 spiro atoms. The summed E-state index contributed by atoms with van der Waals surface area (Å²) in [5.41, 5.74) is 3.80. The minimum Gasteiger partial charge on any atom is -0.377 e. The lowest BCUT2D eigenvalue weighted by atomic mass is 10.1. The first-order valence-electron chi connectivity index (χ1n) is 10.1. The highest BCUT2D eigenvalue weighted by atomic mass is 35.5. The van der Waals surface area contributed by atoms with Gasteiger partial charge in [0, 0.05) is 30.6 Å². The number of ether oxygens (including phenoxy) is 1. The Labute approximate surface area is 182 Å². The Balaban J connectivity index is 1.72. The summed E-state index contributed by atoms with van der Waals surface area (Å²) >= 11 is 6.49. The maximum atomic E-state index is 13.4. The summed E-state index contributed by atoms with van der Waals surface area (Å²) in [6, 6.07) is 14.5. The van der Waals surface area contributed by atoms with Gasteiger partial charge >= 0.3 is 0 Å². The number of rotatable bonds is 6. The third kappa shape index (κ3) is 4.37. The van der Waals surface area contributed by atoms with Crippen molar-refractivity contribution in [3.05, 3.63) is 70.4 Å². The van der Waals surface area contributed by atoms with Gasteiger partial charge in [0.05, 0.1) is 16.5 Å². The van der Waals surface area contributed by atoms with Gasteiger partial charge in [-0.05, 0) is 68.1 Å². The van der Waals surface area contributed by atoms with Gasteiger partial charge in [-0.1, -0.05) is 29.8 Å². The van der Waals surface area contributed by atoms with Crippen molar-refractivity contribution >= 4 is 32.5 Å². The predicted octanol–water partition coefficient (Wildman–Crippen LogP) is 4.87. The van der Waals surface area contributed by atoms with Gasteiger partial charge in [-0.25, -0.2) is 13.4 Å². The van der Waals surface area contributed by atoms with Crippen LogP contribution in [0.5, 0.6) is 0 Å². The summed E-state index contributed by atoms with van der Waals surface area (Å²) in [4.78, 5) is 4.79. The molecule has 0 amide bonds. The first-order chi connectivity index (χ1) is 14.3. The van der Waals surface area contributed by atoms with Crippen LogP contribution in [0.15, 0.2) is 53.4 Å². The number of hydrogen-bond donors (Lipinski definition) is 0. The summed E-state index contributed by atoms with van der Waals surface area (Å²) in [5, 5.41) is 1.28. The number of halogens is 1. The highest BCUT2D eigenvalue weighted by molar-refractivity contribution is 7.89. The van der Waals surface area contributed by atoms with Crippen molar-refractivity contribution in [3.63, 3.8) is 0 Å². The van der Waals surface area contributed by atoms with Crippen LogP contribution in [0.25, 0.3) is 10.9 Å². The van der Waals surface area contributed by atoms with E-state index in [1.165, 1.54) is 4.31 Å². The molecule has 0 bridgehead atoms. The van der Waals surface area contributed by atoms with Crippen LogP contribution < -0.4 is 0 Å². The Bertz CT molecular complexity index is 1160. The predicted molar refractivity (Wildman–Crippen MR) is 119 cm³/mol. The smallest absolute Gasteiger partial charge is 0.243 e. The van der Waals surface area contributed by atoms with Gasteiger partial charge in [-0.15, -0.1) is 0 Å². The van der Waals surface area contributed by atoms with Gasteiger partial charge in [0.1, 0.15) is 5.15 Å². The zero-order valence-electron chi connectivity index (χ0n) is 17.1. The minimum absolute atomic E-state index is 0.111. The Morgan fingerprint density at radius 3 is 2.57 bits per heavy atom. The molecular formula is C23H25ClN2O3S. The fraction of sp³-hybridized carbons (Fsp3) is 0.348. The summed E-state index contributed by atoms with van der Waals surface area (Å²) in [6.45, 7) is 5.19. The maximum absolute atomic E-state index is 13.4. The molecule has 0 radical (unpaired) electrons. The zero-order chi connectivity index (χ0) is 21.3. The molecule has 158 valence electrons. The number of aryl methyl sites for hydroxylation is 2. The van der Waals surface area contributed by atoms with E-state index in [1.54, 1.807) is 30.3 Å². The molecule has 0 saturated carbocycles. The van der Waals surface area contributed by atoms with E-state index in [4.69, 9.17) is 16.3 Å². The molecule has 0 aliphatic carbocycles. The molecule has 7 heteroatoms. The highest BCUT2D eigenvalue weighted by Crippen LogP contribution is 2.27. The van der Waals surface area contributed by atoms with Crippen molar-refractivity contribution in [2.75, 3.05) is 13.2 Å². The monoisotopic (exact) mass is 444 g/mol. The first-order valence-corrected chi connectivity index (χ1v) is 11.9. The van der Waals surface area contributed by atoms with Crippen LogP contribution in [0.3, 0.4) is 0 Å². The Kier molecular flexibility index (Phi) is 6.11. The lowest BCUT2D eigenvalue weighted by Crippen LogP contribution is -2.37. The van der Waals surface area contributed by atoms with E-state index in [1.807, 2.05) is 26.0 Å². The Morgan fingerprint density at radius 2 is 1.87 bits per heavy atom. The fourth-order valence-electron chi connectivity index (χ4n) is 3.77. The van der Waals surface area contributed by atoms with E-state index >= 15 is 0 Å². The van der Waals surface area contributed by atoms with Gasteiger partial charge in [0.25, 0.3) is 0 Å². The van der Waals surface area contributed by atoms with Crippen molar-refractivity contribution in [1.29, 1.82) is 0 Å². The molecule has 2 heterocycles. The lowest BCUT2D eigenvalue weighted by Gasteiger charge is -2.25. The number of benzene rings is 2. The molecule has 1 saturated heterocycles. The molecule has 1 atom stereocenters. The molecule has 1 aliphatic rings. The zero-order valence-corrected chi connectivity index (χ0v) is 18.7. The van der Waals surface area contributed by atoms with Gasteiger partial charge in [-0.2, -0.15) is 4.31 Å². The molecule has 4 rings (SSSR count). The number of aromatic nitrogens is 1. The number of fused-ring (bicyclic) bond motifs is 1. The van der Waals surface area contributed by atoms with Crippen molar-refractivity contribution in [2.45, 2.75) is 44.2 Å². The molecule has 30 heavy (non-hydrogen) atoms. The number of pyridine rings is 1. The normalized spacial score (nSPS) is 17.1. The second kappa shape index (κ2) is 8.63. The summed E-state index contributed by atoms with van der Waals surface area (Å²) in [5.74, 6) is 0. The van der Waals surface area contributed by atoms with Crippen LogP contribution in [0.4, 0.5) is 0 Å². The third-order valence-corrected chi connectivity index (χ3v) is 7.77. The average Bonchev–Trinajstić information content (AvgIpc) is 3.23. The van der Waals surface area contributed by atoms with Crippen LogP contribution >= 0.6 is 11.6 Å². The van der Waals surface area contributed by atoms with E-state index in [2.05, 4.69) is 11.1 Å². The molecule has 1 aliphatic heterocycles. The van der Waals surface area contributed by atoms with E-state index < -0.39 is 10.0 Å². The largest absolute Gasteiger partial charge is 0.377 e. The second-order valence-corrected chi connectivity index (χ2v) is 10.1. The number of nitrogens with zero attached hydrogens (tertiary/aromatic N) is 2. The lowest BCUT2D eigenvalue weighted by molar-refractivity contribution is 0.0926. The highest BCUT2D eigenvalue weighted by Gasteiger charge is 2.30. The standard InChI is InChI=1S/C23H25ClN2O3S/c1-16-11-18-13-19(23(24)25-22(18)12-17(16)2)14-26(15-20-7-6-10-29-20)30(27,28)21-8-4-3-5-9-21/h3-5,8-9,11-13,20H,6-7,10,14-15H2,1-2H3/t20-/m1/s1. The quantitative estimate of drug-likeness (QED) is 0.508. The van der Waals surface area contributed by atoms with Gasteiger partial charge in [-0.3, -0.25) is 0 Å². The number of sulfonamides is 1. The fourth-order valence-corrected chi connectivity index (χ4v) is 5.44. The van der Waals surface area contributed by atoms with E-state index in [0.717, 1.165) is 34.9 Å². The van der Waals surface area contributed by atoms with Gasteiger partial charge < -0.3 is 4.74 Å². The van der Waals surface area contributed by atoms with Crippen LogP contribution in [0.1, 0.15) is 29.5 Å². The number of hydrogen-bond acceptors (Lipinski definition) is 4. The second-order valence-electron chi connectivity index (χ2n) is 7.81. The Morgan fingerprint density at radius 1 is 1.13 bits per heavy atom. The van der Waals surface area contributed by atoms with Crippen molar-refractivity contribution < 1.29 is 13.2 Å². The molecule has 5 nitrogen and oxygen atoms in total. The topological polar surface area (TPSA) is 59.5 Å². The third-order valence-electron chi connectivity index (χ3n) is 5.62. The summed E-state index contributed by atoms with van der Waals surface area (Å²) < 4.78 is 34.0. The minimum atomic E-state index is -3.70. The first kappa shape index (κ1) is 21.2. The van der Waals surface area contributed by atoms with Crippen LogP contribution in [0.2, 0.25) is 5.15 Å².